The van der Waals surface area contributed by atoms with Crippen LogP contribution in [0.5, 0.6) is 0 Å². The summed E-state index contributed by atoms with van der Waals surface area (Å²) in [5.41, 5.74) is 1.27. The van der Waals surface area contributed by atoms with Gasteiger partial charge >= 0.3 is 0 Å². The van der Waals surface area contributed by atoms with Crippen LogP contribution in [0.15, 0.2) is 12.4 Å². The molecule has 1 fully saturated rings. The van der Waals surface area contributed by atoms with Crippen LogP contribution in [0.2, 0.25) is 0 Å². The Morgan fingerprint density at radius 3 is 2.45 bits per heavy atom. The molecule has 5 nitrogen and oxygen atoms in total. The molecule has 1 aromatic heterocycles. The summed E-state index contributed by atoms with van der Waals surface area (Å²) < 4.78 is 0. The van der Waals surface area contributed by atoms with Crippen molar-refractivity contribution < 1.29 is 0 Å². The Morgan fingerprint density at radius 1 is 1.15 bits per heavy atom. The van der Waals surface area contributed by atoms with Crippen LogP contribution in [0.3, 0.4) is 0 Å². The van der Waals surface area contributed by atoms with Gasteiger partial charge in [-0.2, -0.15) is 0 Å². The van der Waals surface area contributed by atoms with E-state index >= 15 is 0 Å². The van der Waals surface area contributed by atoms with Crippen molar-refractivity contribution in [2.45, 2.75) is 39.8 Å². The maximum absolute atomic E-state index is 4.70. The predicted molar refractivity (Wildman–Crippen MR) is 83.0 cm³/mol. The molecule has 20 heavy (non-hydrogen) atoms. The van der Waals surface area contributed by atoms with Crippen LogP contribution in [-0.2, 0) is 6.54 Å². The van der Waals surface area contributed by atoms with E-state index < -0.39 is 0 Å². The number of hydrogen-bond donors (Lipinski definition) is 1. The molecule has 0 saturated carbocycles. The molecule has 0 spiro atoms. The van der Waals surface area contributed by atoms with Gasteiger partial charge in [0.2, 0.25) is 0 Å². The largest absolute Gasteiger partial charge is 0.353 e. The monoisotopic (exact) mass is 277 g/mol. The molecular formula is C15H27N5. The van der Waals surface area contributed by atoms with Crippen LogP contribution < -0.4 is 10.2 Å². The van der Waals surface area contributed by atoms with Crippen LogP contribution >= 0.6 is 0 Å². The van der Waals surface area contributed by atoms with Crippen molar-refractivity contribution in [1.29, 1.82) is 0 Å². The number of anilines is 1. The molecule has 0 atom stereocenters. The minimum atomic E-state index is 0.255. The minimum absolute atomic E-state index is 0.255. The van der Waals surface area contributed by atoms with Gasteiger partial charge in [-0.15, -0.1) is 0 Å². The number of rotatable bonds is 4. The molecule has 0 bridgehead atoms. The zero-order chi connectivity index (χ0) is 14.6. The first kappa shape index (κ1) is 15.2. The van der Waals surface area contributed by atoms with E-state index in [1.165, 1.54) is 0 Å². The Bertz CT molecular complexity index is 419. The Labute approximate surface area is 122 Å². The van der Waals surface area contributed by atoms with E-state index in [0.29, 0.717) is 0 Å². The lowest BCUT2D eigenvalue weighted by molar-refractivity contribution is 0.128. The molecule has 112 valence electrons. The predicted octanol–water partition coefficient (Wildman–Crippen LogP) is 1.51. The van der Waals surface area contributed by atoms with Crippen molar-refractivity contribution in [3.63, 3.8) is 0 Å². The van der Waals surface area contributed by atoms with Crippen molar-refractivity contribution >= 4 is 5.82 Å². The first-order valence-electron chi connectivity index (χ1n) is 7.52. The summed E-state index contributed by atoms with van der Waals surface area (Å²) >= 11 is 0. The molecule has 5 heteroatoms. The summed E-state index contributed by atoms with van der Waals surface area (Å²) in [5.74, 6) is 1.01. The van der Waals surface area contributed by atoms with E-state index in [4.69, 9.17) is 4.98 Å². The number of nitrogens with zero attached hydrogens (tertiary/aromatic N) is 4. The lowest BCUT2D eigenvalue weighted by atomic mass is 10.1. The van der Waals surface area contributed by atoms with E-state index in [2.05, 4.69) is 47.8 Å². The van der Waals surface area contributed by atoms with Crippen molar-refractivity contribution in [1.82, 2.24) is 20.2 Å². The SMILES string of the molecule is CCNCc1cncc(N2CCN(C(C)(C)C)CC2)n1. The average molecular weight is 277 g/mol. The smallest absolute Gasteiger partial charge is 0.147 e. The highest BCUT2D eigenvalue weighted by atomic mass is 15.3. The average Bonchev–Trinajstić information content (AvgIpc) is 2.45. The second-order valence-electron chi connectivity index (χ2n) is 6.29. The van der Waals surface area contributed by atoms with Gasteiger partial charge in [0.15, 0.2) is 0 Å². The van der Waals surface area contributed by atoms with Crippen LogP contribution in [0.25, 0.3) is 0 Å². The third-order valence-electron chi connectivity index (χ3n) is 3.78. The zero-order valence-electron chi connectivity index (χ0n) is 13.2. The van der Waals surface area contributed by atoms with Crippen molar-refractivity contribution in [2.75, 3.05) is 37.6 Å². The zero-order valence-corrected chi connectivity index (χ0v) is 13.2. The van der Waals surface area contributed by atoms with Gasteiger partial charge in [-0.1, -0.05) is 6.92 Å². The van der Waals surface area contributed by atoms with E-state index in [0.717, 1.165) is 50.8 Å². The second-order valence-corrected chi connectivity index (χ2v) is 6.29. The molecule has 1 aromatic rings. The molecule has 1 N–H and O–H groups in total. The highest BCUT2D eigenvalue weighted by molar-refractivity contribution is 5.37. The van der Waals surface area contributed by atoms with Gasteiger partial charge in [-0.05, 0) is 27.3 Å². The molecule has 0 aliphatic carbocycles. The summed E-state index contributed by atoms with van der Waals surface area (Å²) in [6, 6.07) is 0. The first-order chi connectivity index (χ1) is 9.50. The lowest BCUT2D eigenvalue weighted by Crippen LogP contribution is -2.53. The standard InChI is InChI=1S/C15H27N5/c1-5-16-10-13-11-17-12-14(18-13)19-6-8-20(9-7-19)15(2,3)4/h11-12,16H,5-10H2,1-4H3. The third kappa shape index (κ3) is 3.90. The molecule has 0 unspecified atom stereocenters. The molecule has 0 aromatic carbocycles. The van der Waals surface area contributed by atoms with Gasteiger partial charge in [0.25, 0.3) is 0 Å². The van der Waals surface area contributed by atoms with Gasteiger partial charge in [-0.3, -0.25) is 9.88 Å². The fraction of sp³-hybridized carbons (Fsp3) is 0.733. The first-order valence-corrected chi connectivity index (χ1v) is 7.52. The van der Waals surface area contributed by atoms with Gasteiger partial charge < -0.3 is 10.2 Å². The van der Waals surface area contributed by atoms with Gasteiger partial charge in [-0.25, -0.2) is 4.98 Å². The molecule has 1 aliphatic rings. The van der Waals surface area contributed by atoms with Gasteiger partial charge in [0.1, 0.15) is 5.82 Å². The molecule has 1 aliphatic heterocycles. The summed E-state index contributed by atoms with van der Waals surface area (Å²) in [5, 5.41) is 3.29. The lowest BCUT2D eigenvalue weighted by Gasteiger charge is -2.42. The maximum Gasteiger partial charge on any atom is 0.147 e. The molecule has 0 amide bonds. The number of hydrogen-bond acceptors (Lipinski definition) is 5. The number of piperazine rings is 1. The minimum Gasteiger partial charge on any atom is -0.353 e. The molecular weight excluding hydrogens is 250 g/mol. The Hall–Kier alpha value is -1.20. The number of aromatic nitrogens is 2. The van der Waals surface area contributed by atoms with E-state index in [1.54, 1.807) is 0 Å². The summed E-state index contributed by atoms with van der Waals surface area (Å²) in [6.07, 6.45) is 3.72. The summed E-state index contributed by atoms with van der Waals surface area (Å²) in [6.45, 7) is 14.9. The molecule has 2 heterocycles. The van der Waals surface area contributed by atoms with Crippen molar-refractivity contribution in [2.24, 2.45) is 0 Å². The van der Waals surface area contributed by atoms with E-state index in [1.807, 2.05) is 12.4 Å². The van der Waals surface area contributed by atoms with Crippen LogP contribution in [-0.4, -0.2) is 53.1 Å². The number of nitrogens with one attached hydrogen (secondary N) is 1. The molecule has 1 saturated heterocycles. The normalized spacial score (nSPS) is 17.5. The fourth-order valence-electron chi connectivity index (χ4n) is 2.49. The topological polar surface area (TPSA) is 44.3 Å². The molecule has 2 rings (SSSR count). The maximum atomic E-state index is 4.70. The van der Waals surface area contributed by atoms with Gasteiger partial charge in [0.05, 0.1) is 11.9 Å². The van der Waals surface area contributed by atoms with Crippen molar-refractivity contribution in [3.8, 4) is 0 Å². The highest BCUT2D eigenvalue weighted by Gasteiger charge is 2.26. The van der Waals surface area contributed by atoms with E-state index in [-0.39, 0.29) is 5.54 Å². The Balaban J connectivity index is 1.96. The quantitative estimate of drug-likeness (QED) is 0.904. The van der Waals surface area contributed by atoms with Crippen LogP contribution in [0.1, 0.15) is 33.4 Å². The highest BCUT2D eigenvalue weighted by Crippen LogP contribution is 2.18. The van der Waals surface area contributed by atoms with E-state index in [9.17, 15) is 0 Å². The molecule has 0 radical (unpaired) electrons. The third-order valence-corrected chi connectivity index (χ3v) is 3.78. The van der Waals surface area contributed by atoms with Crippen molar-refractivity contribution in [3.05, 3.63) is 18.1 Å². The van der Waals surface area contributed by atoms with Crippen LogP contribution in [0.4, 0.5) is 5.82 Å². The summed E-state index contributed by atoms with van der Waals surface area (Å²) in [4.78, 5) is 13.9. The summed E-state index contributed by atoms with van der Waals surface area (Å²) in [7, 11) is 0. The van der Waals surface area contributed by atoms with Gasteiger partial charge in [0, 0.05) is 44.5 Å². The second kappa shape index (κ2) is 6.50. The Morgan fingerprint density at radius 2 is 1.85 bits per heavy atom. The van der Waals surface area contributed by atoms with Crippen LogP contribution in [0, 0.1) is 0 Å². The fourth-order valence-corrected chi connectivity index (χ4v) is 2.49. The Kier molecular flexibility index (Phi) is 4.94.